The van der Waals surface area contributed by atoms with Crippen LogP contribution in [0.4, 0.5) is 4.79 Å². The number of ether oxygens (including phenoxy) is 1. The van der Waals surface area contributed by atoms with Crippen molar-refractivity contribution < 1.29 is 18.8 Å². The van der Waals surface area contributed by atoms with Gasteiger partial charge < -0.3 is 24.7 Å². The van der Waals surface area contributed by atoms with Gasteiger partial charge in [0.15, 0.2) is 0 Å². The van der Waals surface area contributed by atoms with Gasteiger partial charge in [0.25, 0.3) is 0 Å². The fourth-order valence-corrected chi connectivity index (χ4v) is 3.42. The van der Waals surface area contributed by atoms with E-state index >= 15 is 0 Å². The Morgan fingerprint density at radius 3 is 2.33 bits per heavy atom. The van der Waals surface area contributed by atoms with Gasteiger partial charge in [-0.2, -0.15) is 0 Å². The molecule has 0 bridgehead atoms. The highest BCUT2D eigenvalue weighted by molar-refractivity contribution is 6.56. The first-order valence-corrected chi connectivity index (χ1v) is 11.5. The highest BCUT2D eigenvalue weighted by Crippen LogP contribution is 2.38. The molecule has 6 nitrogen and oxygen atoms in total. The molecule has 33 heavy (non-hydrogen) atoms. The van der Waals surface area contributed by atoms with Gasteiger partial charge in [0, 0.05) is 13.1 Å². The molecule has 0 atom stereocenters. The van der Waals surface area contributed by atoms with Crippen LogP contribution in [0.25, 0.3) is 6.08 Å². The molecule has 1 fully saturated rings. The number of rotatable bonds is 9. The lowest BCUT2D eigenvalue weighted by molar-refractivity contribution is 0.00578. The van der Waals surface area contributed by atoms with Gasteiger partial charge in [0.1, 0.15) is 6.61 Å². The number of alkyl carbamates (subject to hydrolysis) is 1. The van der Waals surface area contributed by atoms with Gasteiger partial charge in [-0.05, 0) is 56.4 Å². The molecule has 1 heterocycles. The first-order chi connectivity index (χ1) is 15.7. The van der Waals surface area contributed by atoms with Gasteiger partial charge >= 0.3 is 13.2 Å². The number of carbonyl (C=O) groups excluding carboxylic acids is 1. The van der Waals surface area contributed by atoms with Crippen molar-refractivity contribution >= 4 is 19.3 Å². The zero-order valence-electron chi connectivity index (χ0n) is 20.3. The Labute approximate surface area is 197 Å². The summed E-state index contributed by atoms with van der Waals surface area (Å²) in [6.07, 6.45) is 1.54. The van der Waals surface area contributed by atoms with Crippen LogP contribution in [0.2, 0.25) is 0 Å². The normalized spacial score (nSPS) is 17.1. The second kappa shape index (κ2) is 11.0. The van der Waals surface area contributed by atoms with E-state index in [9.17, 15) is 4.79 Å². The zero-order valence-corrected chi connectivity index (χ0v) is 20.3. The SMILES string of the molecule is CCNCc1cccc(C=C(CNC(=O)OCc2ccccc2)B2OC(C)(C)C(C)(C)O2)c1. The van der Waals surface area contributed by atoms with E-state index in [0.29, 0.717) is 0 Å². The van der Waals surface area contributed by atoms with Crippen molar-refractivity contribution in [2.45, 2.75) is 59.0 Å². The summed E-state index contributed by atoms with van der Waals surface area (Å²) in [5, 5.41) is 6.20. The van der Waals surface area contributed by atoms with E-state index in [1.54, 1.807) is 0 Å². The van der Waals surface area contributed by atoms with Crippen LogP contribution >= 0.6 is 0 Å². The Bertz CT molecular complexity index is 944. The van der Waals surface area contributed by atoms with Gasteiger partial charge in [-0.15, -0.1) is 0 Å². The number of hydrogen-bond donors (Lipinski definition) is 2. The molecule has 2 N–H and O–H groups in total. The lowest BCUT2D eigenvalue weighted by Gasteiger charge is -2.32. The predicted octanol–water partition coefficient (Wildman–Crippen LogP) is 4.74. The number of nitrogens with one attached hydrogen (secondary N) is 2. The van der Waals surface area contributed by atoms with Crippen molar-refractivity contribution in [2.75, 3.05) is 13.1 Å². The maximum Gasteiger partial charge on any atom is 0.492 e. The molecule has 2 aromatic rings. The van der Waals surface area contributed by atoms with Crippen molar-refractivity contribution in [3.63, 3.8) is 0 Å². The Morgan fingerprint density at radius 1 is 1.00 bits per heavy atom. The number of hydrogen-bond acceptors (Lipinski definition) is 5. The predicted molar refractivity (Wildman–Crippen MR) is 133 cm³/mol. The summed E-state index contributed by atoms with van der Waals surface area (Å²) < 4.78 is 17.9. The van der Waals surface area contributed by atoms with E-state index in [1.807, 2.05) is 76.2 Å². The Morgan fingerprint density at radius 2 is 1.67 bits per heavy atom. The monoisotopic (exact) mass is 450 g/mol. The Balaban J connectivity index is 1.73. The molecule has 0 radical (unpaired) electrons. The standard InChI is InChI=1S/C26H35BN2O4/c1-6-28-17-22-14-10-13-21(15-22)16-23(27-32-25(2,3)26(4,5)33-27)18-29-24(30)31-19-20-11-8-7-9-12-20/h7-16,28H,6,17-19H2,1-5H3,(H,29,30). The van der Waals surface area contributed by atoms with Crippen LogP contribution in [0, 0.1) is 0 Å². The second-order valence-corrected chi connectivity index (χ2v) is 9.25. The minimum atomic E-state index is -0.568. The Kier molecular flexibility index (Phi) is 8.35. The summed E-state index contributed by atoms with van der Waals surface area (Å²) in [6.45, 7) is 12.3. The zero-order chi connectivity index (χ0) is 23.9. The molecule has 1 amide bonds. The maximum absolute atomic E-state index is 12.4. The van der Waals surface area contributed by atoms with Gasteiger partial charge in [0.05, 0.1) is 11.2 Å². The van der Waals surface area contributed by atoms with Crippen LogP contribution in [0.3, 0.4) is 0 Å². The summed E-state index contributed by atoms with van der Waals surface area (Å²) in [5.41, 5.74) is 3.02. The minimum absolute atomic E-state index is 0.217. The van der Waals surface area contributed by atoms with E-state index in [4.69, 9.17) is 14.0 Å². The van der Waals surface area contributed by atoms with E-state index in [2.05, 4.69) is 29.7 Å². The third kappa shape index (κ3) is 6.94. The van der Waals surface area contributed by atoms with Crippen molar-refractivity contribution in [1.29, 1.82) is 0 Å². The van der Waals surface area contributed by atoms with Gasteiger partial charge in [-0.1, -0.05) is 67.6 Å². The number of benzene rings is 2. The van der Waals surface area contributed by atoms with Crippen LogP contribution in [0.5, 0.6) is 0 Å². The molecule has 0 aliphatic carbocycles. The first-order valence-electron chi connectivity index (χ1n) is 11.5. The molecule has 2 aromatic carbocycles. The highest BCUT2D eigenvalue weighted by Gasteiger charge is 2.52. The van der Waals surface area contributed by atoms with Gasteiger partial charge in [-0.25, -0.2) is 4.79 Å². The van der Waals surface area contributed by atoms with Crippen LogP contribution in [-0.2, 0) is 27.2 Å². The van der Waals surface area contributed by atoms with E-state index in [0.717, 1.165) is 29.7 Å². The van der Waals surface area contributed by atoms with Gasteiger partial charge in [0.2, 0.25) is 0 Å². The molecule has 176 valence electrons. The largest absolute Gasteiger partial charge is 0.492 e. The molecular weight excluding hydrogens is 415 g/mol. The summed E-state index contributed by atoms with van der Waals surface area (Å²) in [7, 11) is -0.568. The second-order valence-electron chi connectivity index (χ2n) is 9.25. The van der Waals surface area contributed by atoms with Crippen molar-refractivity contribution in [1.82, 2.24) is 10.6 Å². The Hall–Kier alpha value is -2.61. The lowest BCUT2D eigenvalue weighted by Crippen LogP contribution is -2.41. The molecule has 1 aliphatic heterocycles. The van der Waals surface area contributed by atoms with Crippen molar-refractivity contribution in [3.8, 4) is 0 Å². The highest BCUT2D eigenvalue weighted by atomic mass is 16.7. The average molecular weight is 450 g/mol. The summed E-state index contributed by atoms with van der Waals surface area (Å²) in [4.78, 5) is 12.4. The fourth-order valence-electron chi connectivity index (χ4n) is 3.42. The number of amides is 1. The third-order valence-electron chi connectivity index (χ3n) is 6.09. The third-order valence-corrected chi connectivity index (χ3v) is 6.09. The quantitative estimate of drug-likeness (QED) is 0.541. The molecule has 0 spiro atoms. The number of carbonyl (C=O) groups is 1. The maximum atomic E-state index is 12.4. The molecular formula is C26H35BN2O4. The van der Waals surface area contributed by atoms with E-state index < -0.39 is 24.4 Å². The molecule has 7 heteroatoms. The molecule has 1 saturated heterocycles. The van der Waals surface area contributed by atoms with Crippen LogP contribution in [0.1, 0.15) is 51.3 Å². The molecule has 3 rings (SSSR count). The van der Waals surface area contributed by atoms with Crippen molar-refractivity contribution in [3.05, 3.63) is 76.8 Å². The van der Waals surface area contributed by atoms with E-state index in [-0.39, 0.29) is 13.2 Å². The van der Waals surface area contributed by atoms with Crippen LogP contribution in [-0.4, -0.2) is 37.5 Å². The first kappa shape index (κ1) is 25.0. The molecule has 0 aromatic heterocycles. The summed E-state index contributed by atoms with van der Waals surface area (Å²) in [6, 6.07) is 17.9. The lowest BCUT2D eigenvalue weighted by atomic mass is 9.77. The minimum Gasteiger partial charge on any atom is -0.445 e. The van der Waals surface area contributed by atoms with Crippen LogP contribution in [0.15, 0.2) is 60.1 Å². The smallest absolute Gasteiger partial charge is 0.445 e. The van der Waals surface area contributed by atoms with Crippen molar-refractivity contribution in [2.24, 2.45) is 0 Å². The molecule has 0 unspecified atom stereocenters. The summed E-state index contributed by atoms with van der Waals surface area (Å²) in [5.74, 6) is 0. The summed E-state index contributed by atoms with van der Waals surface area (Å²) >= 11 is 0. The molecule has 0 saturated carbocycles. The van der Waals surface area contributed by atoms with Gasteiger partial charge in [-0.3, -0.25) is 0 Å². The fraction of sp³-hybridized carbons (Fsp3) is 0.423. The van der Waals surface area contributed by atoms with Crippen LogP contribution < -0.4 is 10.6 Å². The topological polar surface area (TPSA) is 68.8 Å². The molecule has 1 aliphatic rings. The average Bonchev–Trinajstić information content (AvgIpc) is 3.01. The van der Waals surface area contributed by atoms with E-state index in [1.165, 1.54) is 5.56 Å².